The number of hydrogen-bond acceptors (Lipinski definition) is 15. The molecule has 5 aliphatic heterocycles. The largest absolute Gasteiger partial charge is 0.501 e. The number of hydrogen-bond donors (Lipinski definition) is 3. The second kappa shape index (κ2) is 25.0. The average molecular weight is 1330 g/mol. The van der Waals surface area contributed by atoms with E-state index >= 15 is 0 Å². The average Bonchev–Trinajstić information content (AvgIpc) is 3.84. The van der Waals surface area contributed by atoms with Gasteiger partial charge in [-0.05, 0) is 140 Å². The SMILES string of the molecule is CC1(C)CCC(c2ccc(Cl)cc2)=C(CN2CCN(c3ccc(C(=O)NS(=O)(=O)c4ccc(N[C@H](CCN5C[C@H]6C[C@@H]5CN6Cc5cc6c(cc5Br)C(=O)N(C5CCC(=O)NC5=O)C6=O)CSc5ccccc5)c(S(=O)(=O)C(F)(F)F)c4)cc3)CC2)C1. The number of amides is 5. The van der Waals surface area contributed by atoms with Gasteiger partial charge >= 0.3 is 5.51 Å². The molecule has 2 bridgehead atoms. The number of fused-ring (bicyclic) bond motifs is 3. The van der Waals surface area contributed by atoms with Crippen LogP contribution in [0.3, 0.4) is 0 Å². The van der Waals surface area contributed by atoms with Crippen LogP contribution in [-0.2, 0) is 36.0 Å². The van der Waals surface area contributed by atoms with Gasteiger partial charge in [0.05, 0.1) is 21.7 Å². The van der Waals surface area contributed by atoms with Gasteiger partial charge in [-0.3, -0.25) is 48.9 Å². The Kier molecular flexibility index (Phi) is 18.0. The summed E-state index contributed by atoms with van der Waals surface area (Å²) >= 11 is 11.2. The molecule has 4 atom stereocenters. The van der Waals surface area contributed by atoms with Crippen LogP contribution in [0.1, 0.15) is 101 Å². The molecular formula is C62H65BrClF3N8O9S3. The highest BCUT2D eigenvalue weighted by molar-refractivity contribution is 9.10. The standard InChI is InChI=1S/C62H65BrClF3N8O9S3/c1-61(2)22-20-49(38-8-12-42(64)13-9-38)41(32-61)33-71-24-26-72(27-25-71)44-14-10-39(11-15-44)57(77)70-87(83,84)48-16-17-53(55(30-48)86(81,82)62(65,66)67)68-43(37-85-47-6-4-3-5-7-47)21-23-73-35-46-29-45(73)36-74(46)34-40-28-50-51(31-52(40)63)60(80)75(59(50)79)54-18-19-56(76)69-58(54)78/h3-17,28,30-31,43,45-46,54,68H,18-27,29,32-37H2,1-2H3,(H,70,77)(H,69,76,78)/t43-,45-,46-,54?/m1/s1. The quantitative estimate of drug-likeness (QED) is 0.0520. The number of thioether (sulfide) groups is 1. The zero-order valence-corrected chi connectivity index (χ0v) is 52.5. The highest BCUT2D eigenvalue weighted by Crippen LogP contribution is 2.44. The Bertz CT molecular complexity index is 3800. The smallest absolute Gasteiger partial charge is 0.380 e. The van der Waals surface area contributed by atoms with E-state index in [1.54, 1.807) is 24.3 Å². The lowest BCUT2D eigenvalue weighted by molar-refractivity contribution is -0.136. The van der Waals surface area contributed by atoms with Gasteiger partial charge in [0.1, 0.15) is 10.9 Å². The third-order valence-corrected chi connectivity index (χ3v) is 22.5. The Hall–Kier alpha value is -6.12. The molecule has 5 aromatic carbocycles. The van der Waals surface area contributed by atoms with Gasteiger partial charge in [0.2, 0.25) is 11.8 Å². The van der Waals surface area contributed by atoms with Crippen molar-refractivity contribution in [1.82, 2.24) is 29.6 Å². The molecule has 17 nitrogen and oxygen atoms in total. The number of carbonyl (C=O) groups excluding carboxylic acids is 5. The van der Waals surface area contributed by atoms with Gasteiger partial charge in [-0.15, -0.1) is 11.8 Å². The first-order valence-electron chi connectivity index (χ1n) is 28.8. The lowest BCUT2D eigenvalue weighted by atomic mass is 9.73. The maximum Gasteiger partial charge on any atom is 0.501 e. The van der Waals surface area contributed by atoms with Crippen LogP contribution in [0.25, 0.3) is 5.57 Å². The first-order valence-corrected chi connectivity index (χ1v) is 34.0. The number of allylic oxidation sites excluding steroid dienone is 1. The second-order valence-electron chi connectivity index (χ2n) is 23.9. The number of nitrogens with zero attached hydrogens (tertiary/aromatic N) is 5. The van der Waals surface area contributed by atoms with Crippen LogP contribution in [0.5, 0.6) is 0 Å². The normalized spacial score (nSPS) is 21.6. The molecule has 0 spiro atoms. The van der Waals surface area contributed by atoms with Crippen LogP contribution < -0.4 is 20.3 Å². The van der Waals surface area contributed by atoms with E-state index in [1.807, 2.05) is 47.2 Å². The summed E-state index contributed by atoms with van der Waals surface area (Å²) in [4.78, 5) is 73.8. The van der Waals surface area contributed by atoms with E-state index in [2.05, 4.69) is 72.1 Å². The minimum Gasteiger partial charge on any atom is -0.380 e. The van der Waals surface area contributed by atoms with Crippen molar-refractivity contribution < 1.29 is 54.0 Å². The Morgan fingerprint density at radius 1 is 0.828 bits per heavy atom. The van der Waals surface area contributed by atoms with E-state index in [0.29, 0.717) is 61.3 Å². The number of imide groups is 2. The summed E-state index contributed by atoms with van der Waals surface area (Å²) in [6, 6.07) is 27.7. The monoisotopic (exact) mass is 1330 g/mol. The summed E-state index contributed by atoms with van der Waals surface area (Å²) in [7, 11) is -11.1. The molecule has 3 N–H and O–H groups in total. The first-order chi connectivity index (χ1) is 41.3. The van der Waals surface area contributed by atoms with E-state index in [0.717, 1.165) is 78.5 Å². The third kappa shape index (κ3) is 13.6. The number of benzene rings is 5. The number of sulfonamides is 1. The summed E-state index contributed by atoms with van der Waals surface area (Å²) in [5.41, 5.74) is -0.198. The predicted octanol–water partition coefficient (Wildman–Crippen LogP) is 9.62. The van der Waals surface area contributed by atoms with Gasteiger partial charge in [0, 0.05) is 115 Å². The van der Waals surface area contributed by atoms with Crippen LogP contribution in [0.4, 0.5) is 24.5 Å². The molecule has 4 fully saturated rings. The van der Waals surface area contributed by atoms with Gasteiger partial charge in [-0.1, -0.05) is 77.3 Å². The molecule has 5 heterocycles. The summed E-state index contributed by atoms with van der Waals surface area (Å²) in [6.45, 7) is 10.6. The van der Waals surface area contributed by atoms with Crippen LogP contribution in [0.2, 0.25) is 5.02 Å². The first kappa shape index (κ1) is 62.5. The number of carbonyl (C=O) groups is 5. The minimum absolute atomic E-state index is 0.000703. The molecule has 6 aliphatic rings. The van der Waals surface area contributed by atoms with Crippen molar-refractivity contribution in [3.8, 4) is 0 Å². The van der Waals surface area contributed by atoms with E-state index in [1.165, 1.54) is 40.6 Å². The summed E-state index contributed by atoms with van der Waals surface area (Å²) in [5, 5.41) is 5.96. The number of sulfone groups is 1. The minimum atomic E-state index is -6.17. The number of rotatable bonds is 19. The Balaban J connectivity index is 0.734. The van der Waals surface area contributed by atoms with E-state index in [-0.39, 0.29) is 52.8 Å². The number of nitrogens with one attached hydrogen (secondary N) is 3. The Labute approximate surface area is 521 Å². The number of alkyl halides is 3. The van der Waals surface area contributed by atoms with Crippen molar-refractivity contribution in [2.45, 2.75) is 110 Å². The molecule has 1 unspecified atom stereocenters. The van der Waals surface area contributed by atoms with E-state index < -0.39 is 82.5 Å². The van der Waals surface area contributed by atoms with Gasteiger partial charge in [0.15, 0.2) is 0 Å². The maximum absolute atomic E-state index is 14.6. The number of halogens is 5. The van der Waals surface area contributed by atoms with Crippen LogP contribution in [0, 0.1) is 5.41 Å². The topological polar surface area (TPSA) is 206 Å². The molecular weight excluding hydrogens is 1270 g/mol. The van der Waals surface area contributed by atoms with Crippen molar-refractivity contribution in [2.75, 3.05) is 68.3 Å². The fraction of sp³-hybridized carbons (Fsp3) is 0.403. The van der Waals surface area contributed by atoms with Crippen LogP contribution >= 0.6 is 39.3 Å². The fourth-order valence-electron chi connectivity index (χ4n) is 12.8. The molecule has 25 heteroatoms. The highest BCUT2D eigenvalue weighted by Gasteiger charge is 2.50. The molecule has 4 saturated heterocycles. The van der Waals surface area contributed by atoms with Gasteiger partial charge in [-0.25, -0.2) is 21.6 Å². The van der Waals surface area contributed by atoms with Crippen molar-refractivity contribution in [1.29, 1.82) is 0 Å². The molecule has 5 aromatic rings. The van der Waals surface area contributed by atoms with Crippen molar-refractivity contribution >= 4 is 106 Å². The molecule has 0 saturated carbocycles. The molecule has 460 valence electrons. The Morgan fingerprint density at radius 3 is 2.17 bits per heavy atom. The number of piperazine rings is 2. The summed E-state index contributed by atoms with van der Waals surface area (Å²) < 4.78 is 101. The lowest BCUT2D eigenvalue weighted by Gasteiger charge is -2.39. The highest BCUT2D eigenvalue weighted by atomic mass is 79.9. The molecule has 87 heavy (non-hydrogen) atoms. The number of anilines is 2. The van der Waals surface area contributed by atoms with Crippen LogP contribution in [-0.4, -0.2) is 154 Å². The maximum atomic E-state index is 14.6. The van der Waals surface area contributed by atoms with E-state index in [4.69, 9.17) is 11.6 Å². The molecule has 11 rings (SSSR count). The fourth-order valence-corrected chi connectivity index (χ4v) is 16.4. The molecule has 5 amide bonds. The molecule has 0 aromatic heterocycles. The van der Waals surface area contributed by atoms with Crippen LogP contribution in [0.15, 0.2) is 134 Å². The van der Waals surface area contributed by atoms with Crippen molar-refractivity contribution in [2.24, 2.45) is 5.41 Å². The van der Waals surface area contributed by atoms with Gasteiger partial charge in [-0.2, -0.15) is 13.2 Å². The molecule has 0 radical (unpaired) electrons. The number of piperidine rings is 1. The zero-order valence-electron chi connectivity index (χ0n) is 47.7. The lowest BCUT2D eigenvalue weighted by Crippen LogP contribution is -2.54. The Morgan fingerprint density at radius 2 is 1.51 bits per heavy atom. The second-order valence-corrected chi connectivity index (χ2v) is 29.9. The summed E-state index contributed by atoms with van der Waals surface area (Å²) in [6.07, 6.45) is 4.28. The van der Waals surface area contributed by atoms with E-state index in [9.17, 15) is 54.0 Å². The predicted molar refractivity (Wildman–Crippen MR) is 330 cm³/mol. The van der Waals surface area contributed by atoms with Crippen molar-refractivity contribution in [3.63, 3.8) is 0 Å². The molecule has 1 aliphatic carbocycles. The zero-order chi connectivity index (χ0) is 61.7. The summed E-state index contributed by atoms with van der Waals surface area (Å²) in [5.74, 6) is -3.15. The van der Waals surface area contributed by atoms with Gasteiger partial charge < -0.3 is 10.2 Å². The third-order valence-electron chi connectivity index (χ3n) is 17.5. The van der Waals surface area contributed by atoms with Crippen molar-refractivity contribution in [3.05, 3.63) is 152 Å². The number of likely N-dealkylation sites (tertiary alicyclic amines) is 2. The van der Waals surface area contributed by atoms with Gasteiger partial charge in [0.25, 0.3) is 37.6 Å².